The van der Waals surface area contributed by atoms with Crippen LogP contribution in [0.15, 0.2) is 0 Å². The molecule has 1 aliphatic heterocycles. The third kappa shape index (κ3) is 6.13. The Labute approximate surface area is 134 Å². The van der Waals surface area contributed by atoms with E-state index in [4.69, 9.17) is 0 Å². The molecule has 0 bridgehead atoms. The molecule has 0 aromatic carbocycles. The minimum atomic E-state index is -0.361. The molecular weight excluding hydrogens is 288 g/mol. The quantitative estimate of drug-likeness (QED) is 0.704. The Hall–Kier alpha value is -0.320. The first-order valence-corrected chi connectivity index (χ1v) is 8.38. The van der Waals surface area contributed by atoms with Crippen LogP contribution in [0.25, 0.3) is 0 Å². The van der Waals surface area contributed by atoms with Crippen molar-refractivity contribution in [1.29, 1.82) is 0 Å². The summed E-state index contributed by atoms with van der Waals surface area (Å²) in [4.78, 5) is 12.0. The summed E-state index contributed by atoms with van der Waals surface area (Å²) in [5.74, 6) is 1.64. The van der Waals surface area contributed by atoms with E-state index in [-0.39, 0.29) is 30.5 Å². The number of amides is 1. The number of nitrogens with one attached hydrogen (secondary N) is 2. The van der Waals surface area contributed by atoms with Crippen molar-refractivity contribution in [3.05, 3.63) is 0 Å². The Bertz CT molecular complexity index is 307. The van der Waals surface area contributed by atoms with E-state index in [1.807, 2.05) is 0 Å². The van der Waals surface area contributed by atoms with Gasteiger partial charge < -0.3 is 15.7 Å². The third-order valence-corrected chi connectivity index (χ3v) is 4.92. The highest BCUT2D eigenvalue weighted by atomic mass is 35.5. The lowest BCUT2D eigenvalue weighted by molar-refractivity contribution is -0.123. The zero-order valence-corrected chi connectivity index (χ0v) is 14.0. The van der Waals surface area contributed by atoms with Gasteiger partial charge in [0, 0.05) is 13.1 Å². The normalized spacial score (nSPS) is 32.5. The molecule has 2 unspecified atom stereocenters. The molecule has 2 atom stereocenters. The number of unbranched alkanes of at least 4 members (excludes halogenated alkanes) is 1. The van der Waals surface area contributed by atoms with E-state index >= 15 is 0 Å². The highest BCUT2D eigenvalue weighted by Gasteiger charge is 2.28. The summed E-state index contributed by atoms with van der Waals surface area (Å²) in [6, 6.07) is -0.189. The molecule has 1 saturated carbocycles. The average molecular weight is 319 g/mol. The topological polar surface area (TPSA) is 61.4 Å². The van der Waals surface area contributed by atoms with Crippen LogP contribution >= 0.6 is 12.4 Å². The number of aliphatic hydroxyl groups excluding tert-OH is 1. The minimum Gasteiger partial charge on any atom is -0.392 e. The Morgan fingerprint density at radius 1 is 1.24 bits per heavy atom. The van der Waals surface area contributed by atoms with Gasteiger partial charge in [-0.05, 0) is 31.1 Å². The van der Waals surface area contributed by atoms with Crippen molar-refractivity contribution in [2.45, 2.75) is 70.4 Å². The summed E-state index contributed by atoms with van der Waals surface area (Å²) in [7, 11) is 0. The van der Waals surface area contributed by atoms with Crippen LogP contribution in [-0.2, 0) is 4.79 Å². The van der Waals surface area contributed by atoms with Gasteiger partial charge in [0.1, 0.15) is 0 Å². The zero-order valence-electron chi connectivity index (χ0n) is 13.1. The maximum absolute atomic E-state index is 12.0. The van der Waals surface area contributed by atoms with E-state index in [1.54, 1.807) is 0 Å². The maximum atomic E-state index is 12.0. The molecule has 0 aromatic heterocycles. The first-order valence-electron chi connectivity index (χ1n) is 8.38. The molecule has 0 radical (unpaired) electrons. The number of carbonyl (C=O) groups excluding carboxylic acids is 1. The van der Waals surface area contributed by atoms with Gasteiger partial charge in [-0.1, -0.05) is 39.0 Å². The fourth-order valence-electron chi connectivity index (χ4n) is 3.50. The van der Waals surface area contributed by atoms with Gasteiger partial charge >= 0.3 is 0 Å². The number of carbonyl (C=O) groups is 1. The fraction of sp³-hybridized carbons (Fsp3) is 0.938. The molecule has 4 nitrogen and oxygen atoms in total. The van der Waals surface area contributed by atoms with Crippen molar-refractivity contribution in [2.75, 3.05) is 13.1 Å². The highest BCUT2D eigenvalue weighted by Crippen LogP contribution is 2.31. The summed E-state index contributed by atoms with van der Waals surface area (Å²) in [6.07, 6.45) is 9.43. The highest BCUT2D eigenvalue weighted by molar-refractivity contribution is 5.85. The van der Waals surface area contributed by atoms with Crippen LogP contribution in [0, 0.1) is 11.8 Å². The molecule has 1 amide bonds. The van der Waals surface area contributed by atoms with Gasteiger partial charge in [-0.2, -0.15) is 0 Å². The van der Waals surface area contributed by atoms with E-state index in [1.165, 1.54) is 44.9 Å². The van der Waals surface area contributed by atoms with E-state index in [0.29, 0.717) is 18.9 Å². The molecule has 2 fully saturated rings. The van der Waals surface area contributed by atoms with Crippen LogP contribution in [-0.4, -0.2) is 36.2 Å². The summed E-state index contributed by atoms with van der Waals surface area (Å²) in [5, 5.41) is 15.5. The molecule has 21 heavy (non-hydrogen) atoms. The van der Waals surface area contributed by atoms with E-state index in [2.05, 4.69) is 17.6 Å². The molecule has 0 spiro atoms. The summed E-state index contributed by atoms with van der Waals surface area (Å²) in [6.45, 7) is 3.61. The minimum absolute atomic E-state index is 0. The molecule has 5 heteroatoms. The molecule has 1 aliphatic carbocycles. The van der Waals surface area contributed by atoms with Crippen LogP contribution < -0.4 is 10.6 Å². The van der Waals surface area contributed by atoms with Crippen LogP contribution in [0.4, 0.5) is 0 Å². The van der Waals surface area contributed by atoms with Gasteiger partial charge in [0.25, 0.3) is 0 Å². The second kappa shape index (κ2) is 9.65. The monoisotopic (exact) mass is 318 g/mol. The Morgan fingerprint density at radius 2 is 1.90 bits per heavy atom. The van der Waals surface area contributed by atoms with Crippen molar-refractivity contribution in [2.24, 2.45) is 11.8 Å². The standard InChI is InChI=1S/C16H30N2O2.ClH/c1-2-3-4-12-5-7-13(8-6-12)10-18-16(20)15-9-14(19)11-17-15;/h12-15,17,19H,2-11H2,1H3,(H,18,20);1H. The molecule has 0 aromatic rings. The third-order valence-electron chi connectivity index (χ3n) is 4.92. The molecule has 124 valence electrons. The number of rotatable bonds is 6. The Morgan fingerprint density at radius 3 is 2.48 bits per heavy atom. The molecule has 3 N–H and O–H groups in total. The van der Waals surface area contributed by atoms with Crippen molar-refractivity contribution < 1.29 is 9.90 Å². The molecule has 2 rings (SSSR count). The second-order valence-electron chi connectivity index (χ2n) is 6.62. The second-order valence-corrected chi connectivity index (χ2v) is 6.62. The molecule has 2 aliphatic rings. The number of hydrogen-bond donors (Lipinski definition) is 3. The maximum Gasteiger partial charge on any atom is 0.237 e. The summed E-state index contributed by atoms with van der Waals surface area (Å²) in [5.41, 5.74) is 0. The number of hydrogen-bond acceptors (Lipinski definition) is 3. The molecule has 1 saturated heterocycles. The largest absolute Gasteiger partial charge is 0.392 e. The fourth-order valence-corrected chi connectivity index (χ4v) is 3.50. The van der Waals surface area contributed by atoms with Crippen LogP contribution in [0.2, 0.25) is 0 Å². The number of aliphatic hydroxyl groups is 1. The van der Waals surface area contributed by atoms with E-state index < -0.39 is 0 Å². The lowest BCUT2D eigenvalue weighted by Crippen LogP contribution is -2.42. The Kier molecular flexibility index (Phi) is 8.60. The first kappa shape index (κ1) is 18.7. The first-order chi connectivity index (χ1) is 9.69. The van der Waals surface area contributed by atoms with Crippen LogP contribution in [0.3, 0.4) is 0 Å². The summed E-state index contributed by atoms with van der Waals surface area (Å²) < 4.78 is 0. The molecule has 1 heterocycles. The summed E-state index contributed by atoms with van der Waals surface area (Å²) >= 11 is 0. The Balaban J connectivity index is 0.00000220. The van der Waals surface area contributed by atoms with Gasteiger partial charge in [-0.15, -0.1) is 12.4 Å². The van der Waals surface area contributed by atoms with Crippen molar-refractivity contribution in [3.8, 4) is 0 Å². The van der Waals surface area contributed by atoms with Gasteiger partial charge in [0.2, 0.25) is 5.91 Å². The number of halogens is 1. The average Bonchev–Trinajstić information content (AvgIpc) is 2.90. The van der Waals surface area contributed by atoms with Gasteiger partial charge in [0.15, 0.2) is 0 Å². The molecular formula is C16H31ClN2O2. The lowest BCUT2D eigenvalue weighted by atomic mass is 9.80. The van der Waals surface area contributed by atoms with E-state index in [0.717, 1.165) is 12.5 Å². The predicted molar refractivity (Wildman–Crippen MR) is 87.6 cm³/mol. The predicted octanol–water partition coefficient (Wildman–Crippen LogP) is 2.24. The lowest BCUT2D eigenvalue weighted by Gasteiger charge is -2.28. The van der Waals surface area contributed by atoms with Crippen LogP contribution in [0.5, 0.6) is 0 Å². The van der Waals surface area contributed by atoms with Gasteiger partial charge in [0.05, 0.1) is 12.1 Å². The SMILES string of the molecule is CCCCC1CCC(CNC(=O)C2CC(O)CN2)CC1.Cl. The van der Waals surface area contributed by atoms with Crippen molar-refractivity contribution >= 4 is 18.3 Å². The van der Waals surface area contributed by atoms with Crippen LogP contribution in [0.1, 0.15) is 58.3 Å². The van der Waals surface area contributed by atoms with Gasteiger partial charge in [-0.3, -0.25) is 4.79 Å². The smallest absolute Gasteiger partial charge is 0.237 e. The van der Waals surface area contributed by atoms with Crippen molar-refractivity contribution in [1.82, 2.24) is 10.6 Å². The zero-order chi connectivity index (χ0) is 14.4. The van der Waals surface area contributed by atoms with Gasteiger partial charge in [-0.25, -0.2) is 0 Å². The number of β-amino-alcohol motifs (C(OH)–C–C–N with tert-alkyl or cyclic N) is 1. The van der Waals surface area contributed by atoms with Crippen molar-refractivity contribution in [3.63, 3.8) is 0 Å². The van der Waals surface area contributed by atoms with E-state index in [9.17, 15) is 9.90 Å².